The summed E-state index contributed by atoms with van der Waals surface area (Å²) in [5.74, 6) is 0.0773. The number of benzene rings is 1. The van der Waals surface area contributed by atoms with Gasteiger partial charge in [-0.05, 0) is 18.4 Å². The van der Waals surface area contributed by atoms with Crippen LogP contribution < -0.4 is 0 Å². The maximum absolute atomic E-state index is 11.8. The minimum atomic E-state index is -3.56. The van der Waals surface area contributed by atoms with Crippen molar-refractivity contribution in [1.82, 2.24) is 0 Å². The van der Waals surface area contributed by atoms with Crippen molar-refractivity contribution in [3.63, 3.8) is 0 Å². The van der Waals surface area contributed by atoms with E-state index in [1.54, 1.807) is 24.3 Å². The van der Waals surface area contributed by atoms with Gasteiger partial charge in [-0.3, -0.25) is 8.98 Å². The van der Waals surface area contributed by atoms with E-state index in [0.29, 0.717) is 31.2 Å². The highest BCUT2D eigenvalue weighted by molar-refractivity contribution is 7.85. The second-order valence-corrected chi connectivity index (χ2v) is 6.12. The first kappa shape index (κ1) is 13.2. The number of carbonyl (C=O) groups excluding carboxylic acids is 1. The quantitative estimate of drug-likeness (QED) is 0.784. The van der Waals surface area contributed by atoms with Crippen molar-refractivity contribution in [2.24, 2.45) is 0 Å². The molecule has 0 N–H and O–H groups in total. The first-order valence-corrected chi connectivity index (χ1v) is 7.59. The van der Waals surface area contributed by atoms with E-state index in [9.17, 15) is 13.2 Å². The third-order valence-electron chi connectivity index (χ3n) is 2.96. The van der Waals surface area contributed by atoms with Gasteiger partial charge in [-0.1, -0.05) is 30.3 Å². The molecule has 1 aromatic carbocycles. The van der Waals surface area contributed by atoms with Gasteiger partial charge < -0.3 is 0 Å². The fourth-order valence-corrected chi connectivity index (χ4v) is 3.31. The standard InChI is InChI=1S/C13H16O4S/c14-12-6-8-13(9-7-12)17-18(15,16)10-11-4-2-1-3-5-11/h1-5,13H,6-10H2. The third kappa shape index (κ3) is 3.92. The molecule has 1 aliphatic rings. The zero-order valence-corrected chi connectivity index (χ0v) is 10.9. The molecule has 0 aliphatic heterocycles. The maximum atomic E-state index is 11.8. The van der Waals surface area contributed by atoms with E-state index in [1.807, 2.05) is 6.07 Å². The lowest BCUT2D eigenvalue weighted by molar-refractivity contribution is -0.121. The lowest BCUT2D eigenvalue weighted by Gasteiger charge is -2.20. The van der Waals surface area contributed by atoms with E-state index >= 15 is 0 Å². The highest BCUT2D eigenvalue weighted by Crippen LogP contribution is 2.21. The first-order chi connectivity index (χ1) is 8.55. The summed E-state index contributed by atoms with van der Waals surface area (Å²) in [6, 6.07) is 8.94. The molecule has 0 saturated heterocycles. The Hall–Kier alpha value is -1.20. The van der Waals surface area contributed by atoms with Crippen molar-refractivity contribution in [1.29, 1.82) is 0 Å². The molecule has 18 heavy (non-hydrogen) atoms. The van der Waals surface area contributed by atoms with Crippen LogP contribution in [0.4, 0.5) is 0 Å². The molecule has 0 amide bonds. The summed E-state index contributed by atoms with van der Waals surface area (Å²) in [4.78, 5) is 11.1. The minimum absolute atomic E-state index is 0.113. The van der Waals surface area contributed by atoms with Gasteiger partial charge in [-0.25, -0.2) is 0 Å². The van der Waals surface area contributed by atoms with Crippen LogP contribution in [0, 0.1) is 0 Å². The molecule has 0 radical (unpaired) electrons. The van der Waals surface area contributed by atoms with Crippen LogP contribution in [0.5, 0.6) is 0 Å². The van der Waals surface area contributed by atoms with Crippen molar-refractivity contribution >= 4 is 15.9 Å². The first-order valence-electron chi connectivity index (χ1n) is 6.02. The molecule has 0 heterocycles. The lowest BCUT2D eigenvalue weighted by Crippen LogP contribution is -2.25. The summed E-state index contributed by atoms with van der Waals surface area (Å²) < 4.78 is 28.8. The molecule has 1 aromatic rings. The van der Waals surface area contributed by atoms with Crippen molar-refractivity contribution in [3.8, 4) is 0 Å². The summed E-state index contributed by atoms with van der Waals surface area (Å²) >= 11 is 0. The highest BCUT2D eigenvalue weighted by Gasteiger charge is 2.24. The van der Waals surface area contributed by atoms with Crippen molar-refractivity contribution in [2.45, 2.75) is 37.5 Å². The molecule has 98 valence electrons. The number of ketones is 1. The number of rotatable bonds is 4. The molecule has 1 fully saturated rings. The summed E-state index contributed by atoms with van der Waals surface area (Å²) in [7, 11) is -3.56. The average molecular weight is 268 g/mol. The largest absolute Gasteiger partial charge is 0.300 e. The van der Waals surface area contributed by atoms with Gasteiger partial charge in [0.05, 0.1) is 6.10 Å². The van der Waals surface area contributed by atoms with Gasteiger partial charge in [0.25, 0.3) is 10.1 Å². The van der Waals surface area contributed by atoms with Gasteiger partial charge in [0.2, 0.25) is 0 Å². The minimum Gasteiger partial charge on any atom is -0.300 e. The Morgan fingerprint density at radius 2 is 1.72 bits per heavy atom. The van der Waals surface area contributed by atoms with E-state index in [1.165, 1.54) is 0 Å². The van der Waals surface area contributed by atoms with E-state index < -0.39 is 10.1 Å². The number of carbonyl (C=O) groups is 1. The monoisotopic (exact) mass is 268 g/mol. The Labute approximate surface area is 107 Å². The van der Waals surface area contributed by atoms with E-state index in [4.69, 9.17) is 4.18 Å². The normalized spacial score (nSPS) is 17.9. The zero-order valence-electron chi connectivity index (χ0n) is 10.0. The van der Waals surface area contributed by atoms with Gasteiger partial charge in [-0.2, -0.15) is 8.42 Å². The molecule has 5 heteroatoms. The SMILES string of the molecule is O=C1CCC(OS(=O)(=O)Cc2ccccc2)CC1. The molecule has 0 bridgehead atoms. The van der Waals surface area contributed by atoms with Gasteiger partial charge in [0, 0.05) is 12.8 Å². The van der Waals surface area contributed by atoms with Gasteiger partial charge in [0.15, 0.2) is 0 Å². The summed E-state index contributed by atoms with van der Waals surface area (Å²) in [6.07, 6.45) is 1.52. The van der Waals surface area contributed by atoms with Crippen molar-refractivity contribution < 1.29 is 17.4 Å². The smallest absolute Gasteiger partial charge is 0.271 e. The number of hydrogen-bond donors (Lipinski definition) is 0. The topological polar surface area (TPSA) is 60.4 Å². The average Bonchev–Trinajstić information content (AvgIpc) is 2.32. The zero-order chi connectivity index (χ0) is 13.0. The van der Waals surface area contributed by atoms with Crippen LogP contribution >= 0.6 is 0 Å². The highest BCUT2D eigenvalue weighted by atomic mass is 32.2. The maximum Gasteiger partial charge on any atom is 0.271 e. The Kier molecular flexibility index (Phi) is 4.14. The predicted octanol–water partition coefficient (Wildman–Crippen LogP) is 2.04. The Balaban J connectivity index is 1.93. The van der Waals surface area contributed by atoms with E-state index in [0.717, 1.165) is 0 Å². The number of hydrogen-bond acceptors (Lipinski definition) is 4. The van der Waals surface area contributed by atoms with Gasteiger partial charge in [0.1, 0.15) is 11.5 Å². The van der Waals surface area contributed by atoms with Gasteiger partial charge >= 0.3 is 0 Å². The van der Waals surface area contributed by atoms with Crippen LogP contribution in [0.3, 0.4) is 0 Å². The van der Waals surface area contributed by atoms with Gasteiger partial charge in [-0.15, -0.1) is 0 Å². The van der Waals surface area contributed by atoms with Crippen LogP contribution in [0.2, 0.25) is 0 Å². The third-order valence-corrected chi connectivity index (χ3v) is 4.21. The molecule has 0 atom stereocenters. The second kappa shape index (κ2) is 5.63. The fourth-order valence-electron chi connectivity index (χ4n) is 2.03. The molecule has 0 spiro atoms. The summed E-state index contributed by atoms with van der Waals surface area (Å²) in [5.41, 5.74) is 0.712. The molecule has 0 aromatic heterocycles. The summed E-state index contributed by atoms with van der Waals surface area (Å²) in [6.45, 7) is 0. The molecule has 4 nitrogen and oxygen atoms in total. The molecular formula is C13H16O4S. The molecule has 1 aliphatic carbocycles. The van der Waals surface area contributed by atoms with Crippen LogP contribution in [0.25, 0.3) is 0 Å². The van der Waals surface area contributed by atoms with Crippen molar-refractivity contribution in [3.05, 3.63) is 35.9 Å². The number of Topliss-reactive ketones (excluding diaryl/α,β-unsaturated/α-hetero) is 1. The fraction of sp³-hybridized carbons (Fsp3) is 0.462. The van der Waals surface area contributed by atoms with Crippen LogP contribution in [0.1, 0.15) is 31.2 Å². The predicted molar refractivity (Wildman–Crippen MR) is 67.4 cm³/mol. The molecule has 2 rings (SSSR count). The van der Waals surface area contributed by atoms with E-state index in [2.05, 4.69) is 0 Å². The molecular weight excluding hydrogens is 252 g/mol. The van der Waals surface area contributed by atoms with Crippen LogP contribution in [-0.2, 0) is 24.8 Å². The molecule has 1 saturated carbocycles. The van der Waals surface area contributed by atoms with Crippen molar-refractivity contribution in [2.75, 3.05) is 0 Å². The second-order valence-electron chi connectivity index (χ2n) is 4.52. The molecule has 0 unspecified atom stereocenters. The Bertz CT molecular complexity index is 497. The lowest BCUT2D eigenvalue weighted by atomic mass is 9.97. The Morgan fingerprint density at radius 1 is 1.11 bits per heavy atom. The van der Waals surface area contributed by atoms with E-state index in [-0.39, 0.29) is 17.6 Å². The summed E-state index contributed by atoms with van der Waals surface area (Å²) in [5, 5.41) is 0. The van der Waals surface area contributed by atoms with Crippen LogP contribution in [-0.4, -0.2) is 20.3 Å². The van der Waals surface area contributed by atoms with Crippen LogP contribution in [0.15, 0.2) is 30.3 Å². The Morgan fingerprint density at radius 3 is 2.33 bits per heavy atom.